The van der Waals surface area contributed by atoms with Crippen molar-refractivity contribution in [3.05, 3.63) is 83.4 Å². The van der Waals surface area contributed by atoms with Gasteiger partial charge in [-0.15, -0.1) is 0 Å². The fraction of sp³-hybridized carbons (Fsp3) is 0.514. The molecule has 2 heteroatoms. The first-order valence-electron chi connectivity index (χ1n) is 15.6. The van der Waals surface area contributed by atoms with Gasteiger partial charge in [0.05, 0.1) is 0 Å². The highest BCUT2D eigenvalue weighted by molar-refractivity contribution is 5.83. The topological polar surface area (TPSA) is 0 Å². The van der Waals surface area contributed by atoms with Gasteiger partial charge in [-0.25, -0.2) is 8.78 Å². The minimum Gasteiger partial charge on any atom is -0.203 e. The molecular weight excluding hydrogens is 482 g/mol. The Bertz CT molecular complexity index is 1110. The summed E-state index contributed by atoms with van der Waals surface area (Å²) in [6.45, 7) is 9.16. The predicted molar refractivity (Wildman–Crippen MR) is 165 cm³/mol. The van der Waals surface area contributed by atoms with Crippen molar-refractivity contribution in [2.24, 2.45) is 11.8 Å². The molecule has 0 fully saturated rings. The second-order valence-corrected chi connectivity index (χ2v) is 12.0. The van der Waals surface area contributed by atoms with E-state index in [1.54, 1.807) is 12.1 Å². The third-order valence-corrected chi connectivity index (χ3v) is 8.10. The summed E-state index contributed by atoms with van der Waals surface area (Å²) in [5, 5.41) is 0. The fourth-order valence-electron chi connectivity index (χ4n) is 5.52. The maximum absolute atomic E-state index is 15.4. The largest absolute Gasteiger partial charge is 0.203 e. The molecule has 3 aromatic carbocycles. The number of halogens is 2. The van der Waals surface area contributed by atoms with E-state index in [0.29, 0.717) is 17.5 Å². The number of rotatable bonds is 17. The Morgan fingerprint density at radius 2 is 1.23 bits per heavy atom. The predicted octanol–water partition coefficient (Wildman–Crippen LogP) is 12.0. The monoisotopic (exact) mass is 532 g/mol. The van der Waals surface area contributed by atoms with Crippen molar-refractivity contribution < 1.29 is 8.78 Å². The standard InChI is InChI=1S/C37H50F2/c1-5-6-7-8-9-10-11-17-32-26-27-35(37(39)36(32)38)34-19-13-12-18-33(34)31-24-22-30(23-25-31)21-20-29(4)16-14-15-28(2)3/h12-13,18-19,22-29H,5-11,14-17,20-21H2,1-4H3. The number of benzene rings is 3. The Kier molecular flexibility index (Phi) is 13.2. The first-order chi connectivity index (χ1) is 18.9. The fourth-order valence-corrected chi connectivity index (χ4v) is 5.52. The molecule has 0 saturated carbocycles. The molecule has 0 aliphatic heterocycles. The summed E-state index contributed by atoms with van der Waals surface area (Å²) in [5.41, 5.74) is 4.87. The smallest absolute Gasteiger partial charge is 0.166 e. The molecule has 0 N–H and O–H groups in total. The zero-order chi connectivity index (χ0) is 28.0. The molecule has 0 saturated heterocycles. The first-order valence-corrected chi connectivity index (χ1v) is 15.6. The molecule has 1 unspecified atom stereocenters. The van der Waals surface area contributed by atoms with E-state index >= 15 is 8.78 Å². The van der Waals surface area contributed by atoms with Crippen LogP contribution in [0.15, 0.2) is 60.7 Å². The van der Waals surface area contributed by atoms with Crippen LogP contribution < -0.4 is 0 Å². The summed E-state index contributed by atoms with van der Waals surface area (Å²) >= 11 is 0. The third-order valence-electron chi connectivity index (χ3n) is 8.10. The van der Waals surface area contributed by atoms with Gasteiger partial charge in [0.15, 0.2) is 11.6 Å². The molecule has 0 amide bonds. The van der Waals surface area contributed by atoms with E-state index in [9.17, 15) is 0 Å². The lowest BCUT2D eigenvalue weighted by atomic mass is 9.91. The summed E-state index contributed by atoms with van der Waals surface area (Å²) in [6, 6.07) is 20.0. The van der Waals surface area contributed by atoms with Crippen LogP contribution >= 0.6 is 0 Å². The van der Waals surface area contributed by atoms with Crippen LogP contribution in [0.5, 0.6) is 0 Å². The second kappa shape index (κ2) is 16.6. The molecule has 0 aliphatic rings. The number of hydrogen-bond donors (Lipinski definition) is 0. The summed E-state index contributed by atoms with van der Waals surface area (Å²) in [5.74, 6) is 0.0957. The van der Waals surface area contributed by atoms with Crippen LogP contribution in [0.25, 0.3) is 22.3 Å². The van der Waals surface area contributed by atoms with E-state index in [4.69, 9.17) is 0 Å². The van der Waals surface area contributed by atoms with Crippen LogP contribution in [0.4, 0.5) is 8.78 Å². The zero-order valence-corrected chi connectivity index (χ0v) is 24.9. The Morgan fingerprint density at radius 3 is 1.92 bits per heavy atom. The number of aryl methyl sites for hydroxylation is 2. The van der Waals surface area contributed by atoms with Gasteiger partial charge in [-0.05, 0) is 65.3 Å². The van der Waals surface area contributed by atoms with Crippen molar-refractivity contribution in [2.75, 3.05) is 0 Å². The lowest BCUT2D eigenvalue weighted by Crippen LogP contribution is -1.99. The minimum atomic E-state index is -0.731. The molecule has 0 radical (unpaired) electrons. The van der Waals surface area contributed by atoms with Gasteiger partial charge in [-0.1, -0.05) is 146 Å². The summed E-state index contributed by atoms with van der Waals surface area (Å²) < 4.78 is 30.5. The number of hydrogen-bond acceptors (Lipinski definition) is 0. The van der Waals surface area contributed by atoms with Crippen molar-refractivity contribution in [1.82, 2.24) is 0 Å². The summed E-state index contributed by atoms with van der Waals surface area (Å²) in [6.07, 6.45) is 15.0. The molecule has 0 aliphatic carbocycles. The molecular formula is C37H50F2. The first kappa shape index (κ1) is 31.1. The van der Waals surface area contributed by atoms with Gasteiger partial charge in [0.1, 0.15) is 0 Å². The van der Waals surface area contributed by atoms with Gasteiger partial charge < -0.3 is 0 Å². The van der Waals surface area contributed by atoms with Crippen LogP contribution in [0, 0.1) is 23.5 Å². The maximum atomic E-state index is 15.4. The van der Waals surface area contributed by atoms with Crippen molar-refractivity contribution in [1.29, 1.82) is 0 Å². The molecule has 39 heavy (non-hydrogen) atoms. The van der Waals surface area contributed by atoms with Gasteiger partial charge in [0.2, 0.25) is 0 Å². The van der Waals surface area contributed by atoms with Gasteiger partial charge in [-0.3, -0.25) is 0 Å². The highest BCUT2D eigenvalue weighted by Gasteiger charge is 2.17. The van der Waals surface area contributed by atoms with E-state index in [-0.39, 0.29) is 0 Å². The SMILES string of the molecule is CCCCCCCCCc1ccc(-c2ccccc2-c2ccc(CCC(C)CCCC(C)C)cc2)c(F)c1F. The van der Waals surface area contributed by atoms with Crippen LogP contribution in [0.2, 0.25) is 0 Å². The summed E-state index contributed by atoms with van der Waals surface area (Å²) in [7, 11) is 0. The maximum Gasteiger partial charge on any atom is 0.166 e. The van der Waals surface area contributed by atoms with Crippen molar-refractivity contribution in [3.63, 3.8) is 0 Å². The van der Waals surface area contributed by atoms with Crippen LogP contribution in [-0.2, 0) is 12.8 Å². The molecule has 3 rings (SSSR count). The average Bonchev–Trinajstić information content (AvgIpc) is 2.94. The van der Waals surface area contributed by atoms with Gasteiger partial charge in [-0.2, -0.15) is 0 Å². The molecule has 1 atom stereocenters. The third kappa shape index (κ3) is 9.89. The zero-order valence-electron chi connectivity index (χ0n) is 24.9. The molecule has 3 aromatic rings. The van der Waals surface area contributed by atoms with Crippen molar-refractivity contribution >= 4 is 0 Å². The van der Waals surface area contributed by atoms with E-state index < -0.39 is 11.6 Å². The van der Waals surface area contributed by atoms with E-state index in [0.717, 1.165) is 47.8 Å². The Hall–Kier alpha value is -2.48. The Labute approximate surface area is 237 Å². The van der Waals surface area contributed by atoms with Gasteiger partial charge >= 0.3 is 0 Å². The second-order valence-electron chi connectivity index (χ2n) is 12.0. The van der Waals surface area contributed by atoms with E-state index in [2.05, 4.69) is 52.0 Å². The van der Waals surface area contributed by atoms with E-state index in [1.807, 2.05) is 24.3 Å². The van der Waals surface area contributed by atoms with Gasteiger partial charge in [0, 0.05) is 5.56 Å². The molecule has 0 heterocycles. The van der Waals surface area contributed by atoms with Crippen molar-refractivity contribution in [3.8, 4) is 22.3 Å². The van der Waals surface area contributed by atoms with E-state index in [1.165, 1.54) is 63.4 Å². The normalized spacial score (nSPS) is 12.3. The quantitative estimate of drug-likeness (QED) is 0.152. The highest BCUT2D eigenvalue weighted by atomic mass is 19.2. The minimum absolute atomic E-state index is 0.339. The Balaban J connectivity index is 1.64. The van der Waals surface area contributed by atoms with Gasteiger partial charge in [0.25, 0.3) is 0 Å². The van der Waals surface area contributed by atoms with Crippen LogP contribution in [0.3, 0.4) is 0 Å². The average molecular weight is 533 g/mol. The van der Waals surface area contributed by atoms with Crippen molar-refractivity contribution in [2.45, 2.75) is 111 Å². The summed E-state index contributed by atoms with van der Waals surface area (Å²) in [4.78, 5) is 0. The van der Waals surface area contributed by atoms with Crippen LogP contribution in [-0.4, -0.2) is 0 Å². The lowest BCUT2D eigenvalue weighted by molar-refractivity contribution is 0.437. The number of unbranched alkanes of at least 4 members (excludes halogenated alkanes) is 6. The molecule has 0 aromatic heterocycles. The molecule has 212 valence electrons. The lowest BCUT2D eigenvalue weighted by Gasteiger charge is -2.14. The highest BCUT2D eigenvalue weighted by Crippen LogP contribution is 2.35. The Morgan fingerprint density at radius 1 is 0.564 bits per heavy atom. The molecule has 0 bridgehead atoms. The van der Waals surface area contributed by atoms with Crippen LogP contribution in [0.1, 0.15) is 109 Å². The molecule has 0 nitrogen and oxygen atoms in total. The molecule has 0 spiro atoms.